The monoisotopic (exact) mass is 1290 g/mol. The van der Waals surface area contributed by atoms with Crippen LogP contribution in [-0.4, -0.2) is 126 Å². The number of imidazole rings is 1. The van der Waals surface area contributed by atoms with Gasteiger partial charge in [0.2, 0.25) is 0 Å². The van der Waals surface area contributed by atoms with Crippen molar-refractivity contribution in [3.63, 3.8) is 0 Å². The predicted octanol–water partition coefficient (Wildman–Crippen LogP) is 13.0. The molecule has 0 saturated carbocycles. The van der Waals surface area contributed by atoms with Gasteiger partial charge in [0.25, 0.3) is 15.9 Å². The van der Waals surface area contributed by atoms with Gasteiger partial charge in [0.1, 0.15) is 5.58 Å². The first-order chi connectivity index (χ1) is 42.8. The number of benzene rings is 6. The number of nitrogens with zero attached hydrogens (tertiary/aromatic N) is 5. The molecule has 2 aliphatic heterocycles. The highest BCUT2D eigenvalue weighted by Crippen LogP contribution is 2.43. The first-order valence-electron chi connectivity index (χ1n) is 30.0. The molecule has 0 bridgehead atoms. The van der Waals surface area contributed by atoms with E-state index >= 15 is 0 Å². The van der Waals surface area contributed by atoms with Crippen molar-refractivity contribution in [2.45, 2.75) is 73.6 Å². The zero-order chi connectivity index (χ0) is 62.3. The third-order valence-corrected chi connectivity index (χ3v) is 21.5. The largest absolute Gasteiger partial charge is 0.422 e. The van der Waals surface area contributed by atoms with Gasteiger partial charge < -0.3 is 19.4 Å². The zero-order valence-corrected chi connectivity index (χ0v) is 54.5. The normalized spacial score (nSPS) is 16.3. The Bertz CT molecular complexity index is 4240. The summed E-state index contributed by atoms with van der Waals surface area (Å²) < 4.78 is 68.6. The van der Waals surface area contributed by atoms with Crippen LogP contribution in [0.15, 0.2) is 194 Å². The Morgan fingerprint density at radius 3 is 2.25 bits per heavy atom. The number of carbonyl (C=O) groups is 1. The molecule has 0 unspecified atom stereocenters. The number of rotatable bonds is 19. The molecule has 9 aromatic rings. The van der Waals surface area contributed by atoms with Crippen molar-refractivity contribution in [2.24, 2.45) is 5.41 Å². The number of piperazine rings is 1. The van der Waals surface area contributed by atoms with Gasteiger partial charge in [-0.25, -0.2) is 31.3 Å². The summed E-state index contributed by atoms with van der Waals surface area (Å²) in [6, 6.07) is 46.9. The van der Waals surface area contributed by atoms with Crippen molar-refractivity contribution >= 4 is 93.3 Å². The third-order valence-electron chi connectivity index (χ3n) is 16.6. The maximum atomic E-state index is 13.6. The molecule has 1 amide bonds. The number of aryl methyl sites for hydroxylation is 1. The van der Waals surface area contributed by atoms with Crippen LogP contribution in [0.3, 0.4) is 0 Å². The summed E-state index contributed by atoms with van der Waals surface area (Å²) in [5, 5.41) is 5.06. The second kappa shape index (κ2) is 28.0. The second-order valence-electron chi connectivity index (χ2n) is 24.0. The molecule has 5 heterocycles. The average molecular weight is 1290 g/mol. The standard InChI is InChI=1S/C47H58ClN5O6S3.C22H16N2O2S/c1-47(2)21-19-43(35-9-13-38(48)14-10-35)37(32-47)33-52-23-25-53(26-24-52)40-15-11-36(12-16-40)46(54)50-62(57,58)42-17-18-44(45(31-42)61(3,55)56)49-39(20-22-51-27-29-59-30-28-51)34-60-41-7-5-4-6-8-41;1-14-6-8-15(9-7-14)10-17-12-24-13-19(23-22(24)27-17)18-11-16-4-2-3-5-20(16)26-21(18)25/h4-18,31,39,49H,19-30,32-34H2,1-3H3,(H,50,54);2-9,11-13H,10H2,1H3/t39-;/m1./s1. The van der Waals surface area contributed by atoms with Gasteiger partial charge in [0, 0.05) is 121 Å². The van der Waals surface area contributed by atoms with E-state index in [0.717, 1.165) is 123 Å². The number of hydrogen-bond donors (Lipinski definition) is 2. The first-order valence-corrected chi connectivity index (χ1v) is 35.6. The fraction of sp³-hybridized carbons (Fsp3) is 0.319. The smallest absolute Gasteiger partial charge is 0.345 e. The van der Waals surface area contributed by atoms with Gasteiger partial charge in [0.05, 0.1) is 39.9 Å². The minimum Gasteiger partial charge on any atom is -0.422 e. The van der Waals surface area contributed by atoms with E-state index in [1.54, 1.807) is 41.3 Å². The van der Waals surface area contributed by atoms with Gasteiger partial charge in [-0.3, -0.25) is 19.0 Å². The lowest BCUT2D eigenvalue weighted by Crippen LogP contribution is -2.47. The zero-order valence-electron chi connectivity index (χ0n) is 50.5. The highest BCUT2D eigenvalue weighted by atomic mass is 35.5. The van der Waals surface area contributed by atoms with Crippen LogP contribution in [0, 0.1) is 12.3 Å². The number of thioether (sulfide) groups is 1. The number of nitrogens with one attached hydrogen (secondary N) is 2. The topological polar surface area (TPSA) is 176 Å². The molecular formula is C69H74ClN7O8S4. The Hall–Kier alpha value is -7.07. The summed E-state index contributed by atoms with van der Waals surface area (Å²) in [6.45, 7) is 15.0. The number of aromatic nitrogens is 2. The number of para-hydroxylation sites is 1. The molecule has 15 nitrogen and oxygen atoms in total. The first kappa shape index (κ1) is 63.5. The van der Waals surface area contributed by atoms with E-state index in [0.29, 0.717) is 41.5 Å². The number of anilines is 2. The molecule has 1 aliphatic carbocycles. The molecule has 6 aromatic carbocycles. The Morgan fingerprint density at radius 1 is 0.809 bits per heavy atom. The fourth-order valence-electron chi connectivity index (χ4n) is 11.7. The van der Waals surface area contributed by atoms with Crippen LogP contribution in [0.5, 0.6) is 0 Å². The molecular weight excluding hydrogens is 1220 g/mol. The molecule has 0 spiro atoms. The molecule has 89 heavy (non-hydrogen) atoms. The van der Waals surface area contributed by atoms with E-state index in [2.05, 4.69) is 93.1 Å². The summed E-state index contributed by atoms with van der Waals surface area (Å²) in [5.41, 5.74) is 9.81. The highest BCUT2D eigenvalue weighted by Gasteiger charge is 2.30. The van der Waals surface area contributed by atoms with Crippen molar-refractivity contribution in [1.29, 1.82) is 0 Å². The minimum absolute atomic E-state index is 0.127. The number of thiazole rings is 1. The molecule has 0 radical (unpaired) electrons. The number of sulfone groups is 1. The van der Waals surface area contributed by atoms with Crippen molar-refractivity contribution < 1.29 is 30.8 Å². The molecule has 2 fully saturated rings. The van der Waals surface area contributed by atoms with Crippen molar-refractivity contribution in [3.8, 4) is 11.3 Å². The van der Waals surface area contributed by atoms with Crippen LogP contribution >= 0.6 is 34.7 Å². The van der Waals surface area contributed by atoms with Crippen molar-refractivity contribution in [3.05, 3.63) is 212 Å². The summed E-state index contributed by atoms with van der Waals surface area (Å²) in [7, 11) is -8.31. The number of allylic oxidation sites excluding steroid dienone is 1. The average Bonchev–Trinajstić information content (AvgIpc) is 2.13. The number of fused-ring (bicyclic) bond motifs is 2. The van der Waals surface area contributed by atoms with Crippen LogP contribution in [0.1, 0.15) is 71.5 Å². The molecule has 1 atom stereocenters. The van der Waals surface area contributed by atoms with E-state index in [-0.39, 0.29) is 32.4 Å². The molecule has 12 rings (SSSR count). The Labute approximate surface area is 534 Å². The molecule has 464 valence electrons. The fourth-order valence-corrected chi connectivity index (χ4v) is 15.7. The van der Waals surface area contributed by atoms with Crippen molar-refractivity contribution in [2.75, 3.05) is 87.8 Å². The molecule has 3 aromatic heterocycles. The number of hydrogen-bond acceptors (Lipinski definition) is 15. The van der Waals surface area contributed by atoms with Gasteiger partial charge in [-0.1, -0.05) is 109 Å². The highest BCUT2D eigenvalue weighted by molar-refractivity contribution is 7.99. The van der Waals surface area contributed by atoms with Crippen LogP contribution in [0.4, 0.5) is 11.4 Å². The third kappa shape index (κ3) is 16.5. The molecule has 2 saturated heterocycles. The molecule has 3 aliphatic rings. The summed E-state index contributed by atoms with van der Waals surface area (Å²) >= 11 is 9.51. The van der Waals surface area contributed by atoms with E-state index in [1.807, 2.05) is 89.5 Å². The maximum Gasteiger partial charge on any atom is 0.345 e. The lowest BCUT2D eigenvalue weighted by atomic mass is 9.73. The van der Waals surface area contributed by atoms with Gasteiger partial charge in [-0.15, -0.1) is 23.1 Å². The van der Waals surface area contributed by atoms with Crippen LogP contribution in [0.2, 0.25) is 5.02 Å². The quantitative estimate of drug-likeness (QED) is 0.0578. The number of carbonyl (C=O) groups excluding carboxylic acids is 1. The SMILES string of the molecule is CC1(C)CCC(c2ccc(Cl)cc2)=C(CN2CCN(c3ccc(C(=O)NS(=O)(=O)c4ccc(N[C@H](CCN5CCOCC5)CSc5ccccc5)c(S(C)(=O)=O)c4)cc3)CC2)C1.Cc1ccc(Cc2cn3cc(-c4cc5ccccc5oc4=O)nc3s2)cc1. The summed E-state index contributed by atoms with van der Waals surface area (Å²) in [5.74, 6) is -0.141. The number of morpholine rings is 1. The van der Waals surface area contributed by atoms with E-state index < -0.39 is 25.8 Å². The number of ether oxygens (including phenoxy) is 1. The Balaban J connectivity index is 0.000000249. The summed E-state index contributed by atoms with van der Waals surface area (Å²) in [4.78, 5) is 40.2. The van der Waals surface area contributed by atoms with Crippen LogP contribution in [0.25, 0.3) is 32.8 Å². The Morgan fingerprint density at radius 2 is 1.53 bits per heavy atom. The maximum absolute atomic E-state index is 13.6. The van der Waals surface area contributed by atoms with Crippen LogP contribution < -0.4 is 20.6 Å². The van der Waals surface area contributed by atoms with Gasteiger partial charge in [0.15, 0.2) is 14.8 Å². The van der Waals surface area contributed by atoms with E-state index in [1.165, 1.54) is 44.8 Å². The predicted molar refractivity (Wildman–Crippen MR) is 360 cm³/mol. The van der Waals surface area contributed by atoms with Gasteiger partial charge in [-0.05, 0) is 134 Å². The molecule has 20 heteroatoms. The van der Waals surface area contributed by atoms with E-state index in [4.69, 9.17) is 20.8 Å². The molecule has 2 N–H and O–H groups in total. The number of amides is 1. The van der Waals surface area contributed by atoms with E-state index in [9.17, 15) is 26.4 Å². The lowest BCUT2D eigenvalue weighted by Gasteiger charge is -2.39. The number of sulfonamides is 1. The summed E-state index contributed by atoms with van der Waals surface area (Å²) in [6.07, 6.45) is 9.92. The van der Waals surface area contributed by atoms with Crippen LogP contribution in [-0.2, 0) is 31.0 Å². The number of halogens is 1. The second-order valence-corrected chi connectivity index (χ2v) is 30.3. The van der Waals surface area contributed by atoms with Crippen molar-refractivity contribution in [1.82, 2.24) is 23.9 Å². The minimum atomic E-state index is -4.43. The van der Waals surface area contributed by atoms with Gasteiger partial charge >= 0.3 is 5.63 Å². The van der Waals surface area contributed by atoms with Gasteiger partial charge in [-0.2, -0.15) is 0 Å². The lowest BCUT2D eigenvalue weighted by molar-refractivity contribution is 0.0370. The Kier molecular flexibility index (Phi) is 20.0.